The van der Waals surface area contributed by atoms with Crippen molar-refractivity contribution in [1.29, 1.82) is 0 Å². The average molecular weight is 462 g/mol. The molecule has 0 unspecified atom stereocenters. The molecule has 7 nitrogen and oxygen atoms in total. The van der Waals surface area contributed by atoms with Crippen molar-refractivity contribution in [2.75, 3.05) is 25.0 Å². The Morgan fingerprint density at radius 2 is 1.71 bits per heavy atom. The second-order valence-corrected chi connectivity index (χ2v) is 10.1. The number of thiocarbonyl (C=S) groups is 1. The summed E-state index contributed by atoms with van der Waals surface area (Å²) in [5, 5.41) is 5.53. The summed E-state index contributed by atoms with van der Waals surface area (Å²) in [5.74, 6) is 0.757. The van der Waals surface area contributed by atoms with E-state index in [0.717, 1.165) is 18.4 Å². The van der Waals surface area contributed by atoms with Gasteiger partial charge >= 0.3 is 0 Å². The molecule has 1 fully saturated rings. The first-order valence-electron chi connectivity index (χ1n) is 10.1. The van der Waals surface area contributed by atoms with Gasteiger partial charge in [0.1, 0.15) is 5.75 Å². The fraction of sp³-hybridized carbons (Fsp3) is 0.364. The van der Waals surface area contributed by atoms with Crippen LogP contribution in [0, 0.1) is 12.8 Å². The highest BCUT2D eigenvalue weighted by Gasteiger charge is 2.27. The minimum Gasteiger partial charge on any atom is -0.484 e. The van der Waals surface area contributed by atoms with Gasteiger partial charge in [0.05, 0.1) is 4.90 Å². The summed E-state index contributed by atoms with van der Waals surface area (Å²) in [6.45, 7) is 5.03. The lowest BCUT2D eigenvalue weighted by Gasteiger charge is -2.29. The Morgan fingerprint density at radius 1 is 1.10 bits per heavy atom. The van der Waals surface area contributed by atoms with Gasteiger partial charge in [-0.05, 0) is 74.3 Å². The number of nitrogens with one attached hydrogen (secondary N) is 2. The van der Waals surface area contributed by atoms with E-state index in [9.17, 15) is 13.2 Å². The van der Waals surface area contributed by atoms with Gasteiger partial charge in [0.2, 0.25) is 10.0 Å². The standard InChI is InChI=1S/C22H27N3O4S2/c1-16-3-7-19(8-4-16)29-15-21(26)24-22(30)23-18-5-9-20(10-6-18)31(27,28)25-13-11-17(2)12-14-25/h3-10,17H,11-15H2,1-2H3,(H2,23,24,26,30). The number of anilines is 1. The van der Waals surface area contributed by atoms with E-state index >= 15 is 0 Å². The molecule has 2 N–H and O–H groups in total. The van der Waals surface area contributed by atoms with Crippen LogP contribution >= 0.6 is 12.2 Å². The monoisotopic (exact) mass is 461 g/mol. The van der Waals surface area contributed by atoms with E-state index in [2.05, 4.69) is 17.6 Å². The molecule has 0 spiro atoms. The highest BCUT2D eigenvalue weighted by atomic mass is 32.2. The van der Waals surface area contributed by atoms with Crippen LogP contribution in [0.4, 0.5) is 5.69 Å². The van der Waals surface area contributed by atoms with Crippen molar-refractivity contribution in [1.82, 2.24) is 9.62 Å². The lowest BCUT2D eigenvalue weighted by molar-refractivity contribution is -0.121. The van der Waals surface area contributed by atoms with Crippen LogP contribution in [0.5, 0.6) is 5.75 Å². The quantitative estimate of drug-likeness (QED) is 0.642. The number of aryl methyl sites for hydroxylation is 1. The second kappa shape index (κ2) is 10.2. The van der Waals surface area contributed by atoms with Gasteiger partial charge in [-0.1, -0.05) is 24.6 Å². The fourth-order valence-electron chi connectivity index (χ4n) is 3.19. The normalized spacial score (nSPS) is 15.3. The summed E-state index contributed by atoms with van der Waals surface area (Å²) in [4.78, 5) is 12.3. The number of hydrogen-bond acceptors (Lipinski definition) is 5. The summed E-state index contributed by atoms with van der Waals surface area (Å²) >= 11 is 5.15. The summed E-state index contributed by atoms with van der Waals surface area (Å²) in [5.41, 5.74) is 1.68. The molecule has 3 rings (SSSR count). The summed E-state index contributed by atoms with van der Waals surface area (Å²) < 4.78 is 32.5. The molecule has 0 aromatic heterocycles. The van der Waals surface area contributed by atoms with Crippen molar-refractivity contribution in [3.05, 3.63) is 54.1 Å². The Balaban J connectivity index is 1.50. The number of nitrogens with zero attached hydrogens (tertiary/aromatic N) is 1. The molecule has 2 aromatic rings. The Morgan fingerprint density at radius 3 is 2.32 bits per heavy atom. The number of benzene rings is 2. The van der Waals surface area contributed by atoms with Crippen LogP contribution in [-0.4, -0.2) is 43.4 Å². The van der Waals surface area contributed by atoms with Crippen molar-refractivity contribution in [3.63, 3.8) is 0 Å². The first-order chi connectivity index (χ1) is 14.7. The molecule has 1 heterocycles. The van der Waals surface area contributed by atoms with Gasteiger partial charge in [-0.3, -0.25) is 10.1 Å². The van der Waals surface area contributed by atoms with E-state index in [1.165, 1.54) is 4.31 Å². The number of hydrogen-bond donors (Lipinski definition) is 2. The van der Waals surface area contributed by atoms with Crippen LogP contribution in [-0.2, 0) is 14.8 Å². The molecule has 1 amide bonds. The zero-order valence-electron chi connectivity index (χ0n) is 17.6. The van der Waals surface area contributed by atoms with Crippen molar-refractivity contribution in [2.45, 2.75) is 31.6 Å². The molecule has 166 valence electrons. The third kappa shape index (κ3) is 6.49. The van der Waals surface area contributed by atoms with Crippen molar-refractivity contribution >= 4 is 38.9 Å². The number of piperidine rings is 1. The Labute approximate surface area is 188 Å². The van der Waals surface area contributed by atoms with Gasteiger partial charge in [0.25, 0.3) is 5.91 Å². The minimum absolute atomic E-state index is 0.109. The van der Waals surface area contributed by atoms with E-state index in [1.807, 2.05) is 19.1 Å². The van der Waals surface area contributed by atoms with Crippen LogP contribution in [0.1, 0.15) is 25.3 Å². The van der Waals surface area contributed by atoms with E-state index in [-0.39, 0.29) is 16.6 Å². The summed E-state index contributed by atoms with van der Waals surface area (Å²) in [7, 11) is -3.50. The van der Waals surface area contributed by atoms with E-state index in [1.54, 1.807) is 36.4 Å². The van der Waals surface area contributed by atoms with Gasteiger partial charge in [-0.2, -0.15) is 4.31 Å². The van der Waals surface area contributed by atoms with Gasteiger partial charge in [-0.15, -0.1) is 0 Å². The number of sulfonamides is 1. The predicted octanol–water partition coefficient (Wildman–Crippen LogP) is 3.31. The first-order valence-corrected chi connectivity index (χ1v) is 12.0. The molecule has 9 heteroatoms. The van der Waals surface area contributed by atoms with Gasteiger partial charge in [0, 0.05) is 18.8 Å². The smallest absolute Gasteiger partial charge is 0.264 e. The maximum atomic E-state index is 12.8. The van der Waals surface area contributed by atoms with E-state index in [0.29, 0.717) is 30.4 Å². The lowest BCUT2D eigenvalue weighted by atomic mass is 10.0. The fourth-order valence-corrected chi connectivity index (χ4v) is 4.89. The number of rotatable bonds is 6. The van der Waals surface area contributed by atoms with Crippen LogP contribution in [0.2, 0.25) is 0 Å². The predicted molar refractivity (Wildman–Crippen MR) is 125 cm³/mol. The zero-order valence-corrected chi connectivity index (χ0v) is 19.3. The summed E-state index contributed by atoms with van der Waals surface area (Å²) in [6.07, 6.45) is 1.75. The molecular weight excluding hydrogens is 434 g/mol. The molecule has 1 aliphatic rings. The van der Waals surface area contributed by atoms with Crippen LogP contribution in [0.3, 0.4) is 0 Å². The summed E-state index contributed by atoms with van der Waals surface area (Å²) in [6, 6.07) is 13.7. The van der Waals surface area contributed by atoms with Crippen LogP contribution in [0.15, 0.2) is 53.4 Å². The molecule has 0 saturated carbocycles. The topological polar surface area (TPSA) is 87.7 Å². The SMILES string of the molecule is Cc1ccc(OCC(=O)NC(=S)Nc2ccc(S(=O)(=O)N3CCC(C)CC3)cc2)cc1. The highest BCUT2D eigenvalue weighted by molar-refractivity contribution is 7.89. The van der Waals surface area contributed by atoms with Crippen LogP contribution in [0.25, 0.3) is 0 Å². The largest absolute Gasteiger partial charge is 0.484 e. The maximum absolute atomic E-state index is 12.8. The molecule has 1 saturated heterocycles. The third-order valence-corrected chi connectivity index (χ3v) is 7.25. The Hall–Kier alpha value is -2.49. The molecule has 0 atom stereocenters. The third-order valence-electron chi connectivity index (χ3n) is 5.14. The second-order valence-electron chi connectivity index (χ2n) is 7.72. The van der Waals surface area contributed by atoms with Crippen molar-refractivity contribution in [3.8, 4) is 5.75 Å². The van der Waals surface area contributed by atoms with Crippen molar-refractivity contribution in [2.24, 2.45) is 5.92 Å². The molecular formula is C22H27N3O4S2. The van der Waals surface area contributed by atoms with E-state index < -0.39 is 15.9 Å². The molecule has 0 aliphatic carbocycles. The van der Waals surface area contributed by atoms with Crippen LogP contribution < -0.4 is 15.4 Å². The highest BCUT2D eigenvalue weighted by Crippen LogP contribution is 2.24. The van der Waals surface area contributed by atoms with Crippen molar-refractivity contribution < 1.29 is 17.9 Å². The van der Waals surface area contributed by atoms with Gasteiger partial charge in [0.15, 0.2) is 11.7 Å². The Bertz CT molecular complexity index is 1010. The first kappa shape index (κ1) is 23.2. The van der Waals surface area contributed by atoms with E-state index in [4.69, 9.17) is 17.0 Å². The van der Waals surface area contributed by atoms with Gasteiger partial charge < -0.3 is 10.1 Å². The molecule has 1 aliphatic heterocycles. The Kier molecular flexibility index (Phi) is 7.64. The molecule has 0 radical (unpaired) electrons. The zero-order chi connectivity index (χ0) is 22.4. The number of ether oxygens (including phenoxy) is 1. The van der Waals surface area contributed by atoms with Gasteiger partial charge in [-0.25, -0.2) is 8.42 Å². The number of carbonyl (C=O) groups excluding carboxylic acids is 1. The lowest BCUT2D eigenvalue weighted by Crippen LogP contribution is -2.38. The molecule has 0 bridgehead atoms. The maximum Gasteiger partial charge on any atom is 0.264 e. The minimum atomic E-state index is -3.50. The average Bonchev–Trinajstić information content (AvgIpc) is 2.74. The molecule has 2 aromatic carbocycles. The molecule has 31 heavy (non-hydrogen) atoms. The number of carbonyl (C=O) groups is 1. The number of amides is 1.